The van der Waals surface area contributed by atoms with Crippen LogP contribution in [0.3, 0.4) is 0 Å². The van der Waals surface area contributed by atoms with Crippen molar-refractivity contribution in [3.05, 3.63) is 22.2 Å². The fourth-order valence-corrected chi connectivity index (χ4v) is 17.7. The van der Waals surface area contributed by atoms with Gasteiger partial charge in [0.25, 0.3) is 0 Å². The van der Waals surface area contributed by atoms with E-state index in [0.717, 1.165) is 5.76 Å². The summed E-state index contributed by atoms with van der Waals surface area (Å²) in [4.78, 5) is 0. The summed E-state index contributed by atoms with van der Waals surface area (Å²) in [6.07, 6.45) is 12.2. The number of rotatable bonds is 14. The molecule has 0 saturated carbocycles. The summed E-state index contributed by atoms with van der Waals surface area (Å²) in [5.41, 5.74) is 0. The van der Waals surface area contributed by atoms with Gasteiger partial charge in [-0.1, -0.05) is 0 Å². The fourth-order valence-electron chi connectivity index (χ4n) is 3.37. The molecule has 0 bridgehead atoms. The van der Waals surface area contributed by atoms with Gasteiger partial charge in [0, 0.05) is 0 Å². The second-order valence-corrected chi connectivity index (χ2v) is 20.8. The van der Waals surface area contributed by atoms with E-state index in [1.165, 1.54) is 51.8 Å². The molecule has 1 rings (SSSR count). The van der Waals surface area contributed by atoms with E-state index in [4.69, 9.17) is 14.2 Å². The minimum absolute atomic E-state index is 0.495. The van der Waals surface area contributed by atoms with E-state index >= 15 is 0 Å². The van der Waals surface area contributed by atoms with Crippen molar-refractivity contribution in [2.75, 3.05) is 13.2 Å². The monoisotopic (exact) mass is 460 g/mol. The molecule has 0 aromatic rings. The van der Waals surface area contributed by atoms with E-state index in [-0.39, 0.29) is 0 Å². The van der Waals surface area contributed by atoms with E-state index in [1.54, 1.807) is 6.26 Å². The average Bonchev–Trinajstić information content (AvgIpc) is 2.94. The molecular formula is C21H40O3Sn. The van der Waals surface area contributed by atoms with Crippen LogP contribution in [0.25, 0.3) is 0 Å². The molecule has 0 radical (unpaired) electrons. The van der Waals surface area contributed by atoms with Crippen LogP contribution in [0.2, 0.25) is 13.3 Å². The van der Waals surface area contributed by atoms with Crippen LogP contribution >= 0.6 is 0 Å². The van der Waals surface area contributed by atoms with Gasteiger partial charge in [-0.3, -0.25) is 0 Å². The van der Waals surface area contributed by atoms with Gasteiger partial charge < -0.3 is 0 Å². The van der Waals surface area contributed by atoms with Crippen molar-refractivity contribution >= 4 is 18.4 Å². The molecule has 0 spiro atoms. The molecule has 146 valence electrons. The molecule has 4 heteroatoms. The summed E-state index contributed by atoms with van der Waals surface area (Å²) in [6, 6.07) is 0. The Hall–Kier alpha value is -0.161. The SMILES string of the molecule is CCC[CH2][Sn](/[CH]=C/COCC1=COC(C)(C)O1)([CH2]CCC)[CH2]CCC. The molecule has 3 nitrogen and oxygen atoms in total. The quantitative estimate of drug-likeness (QED) is 0.217. The number of hydrogen-bond donors (Lipinski definition) is 0. The van der Waals surface area contributed by atoms with Gasteiger partial charge in [0.05, 0.1) is 0 Å². The summed E-state index contributed by atoms with van der Waals surface area (Å²) in [6.45, 7) is 12.0. The second kappa shape index (κ2) is 12.3. The van der Waals surface area contributed by atoms with Crippen LogP contribution in [0.15, 0.2) is 22.2 Å². The predicted octanol–water partition coefficient (Wildman–Crippen LogP) is 6.57. The Bertz CT molecular complexity index is 394. The van der Waals surface area contributed by atoms with Crippen LogP contribution in [0.5, 0.6) is 0 Å². The third-order valence-electron chi connectivity index (χ3n) is 4.87. The zero-order chi connectivity index (χ0) is 18.6. The zero-order valence-electron chi connectivity index (χ0n) is 17.2. The second-order valence-electron chi connectivity index (χ2n) is 7.79. The molecule has 0 aromatic carbocycles. The summed E-state index contributed by atoms with van der Waals surface area (Å²) in [7, 11) is 0. The van der Waals surface area contributed by atoms with Crippen LogP contribution < -0.4 is 0 Å². The van der Waals surface area contributed by atoms with Gasteiger partial charge >= 0.3 is 160 Å². The van der Waals surface area contributed by atoms with Crippen LogP contribution in [-0.4, -0.2) is 37.4 Å². The maximum atomic E-state index is 5.79. The summed E-state index contributed by atoms with van der Waals surface area (Å²) in [5.74, 6) is 0.247. The Morgan fingerprint density at radius 3 is 2.00 bits per heavy atom. The molecule has 0 unspecified atom stereocenters. The van der Waals surface area contributed by atoms with Crippen molar-refractivity contribution in [1.82, 2.24) is 0 Å². The molecule has 0 fully saturated rings. The minimum atomic E-state index is -2.14. The first-order valence-electron chi connectivity index (χ1n) is 10.3. The van der Waals surface area contributed by atoms with Crippen molar-refractivity contribution in [2.24, 2.45) is 0 Å². The number of unbranched alkanes of at least 4 members (excludes halogenated alkanes) is 3. The maximum absolute atomic E-state index is 5.79. The summed E-state index contributed by atoms with van der Waals surface area (Å²) < 4.78 is 24.1. The molecule has 1 heterocycles. The number of hydrogen-bond acceptors (Lipinski definition) is 3. The Labute approximate surface area is 160 Å². The molecule has 0 aliphatic carbocycles. The van der Waals surface area contributed by atoms with Gasteiger partial charge in [-0.25, -0.2) is 0 Å². The first kappa shape index (κ1) is 22.9. The van der Waals surface area contributed by atoms with E-state index in [2.05, 4.69) is 30.9 Å². The first-order chi connectivity index (χ1) is 12.0. The van der Waals surface area contributed by atoms with Gasteiger partial charge in [0.2, 0.25) is 0 Å². The molecule has 1 aliphatic heterocycles. The third-order valence-corrected chi connectivity index (χ3v) is 19.1. The molecule has 0 aromatic heterocycles. The Morgan fingerprint density at radius 1 is 1.00 bits per heavy atom. The van der Waals surface area contributed by atoms with Crippen LogP contribution in [0, 0.1) is 0 Å². The predicted molar refractivity (Wildman–Crippen MR) is 109 cm³/mol. The Morgan fingerprint density at radius 2 is 1.56 bits per heavy atom. The van der Waals surface area contributed by atoms with Crippen molar-refractivity contribution < 1.29 is 14.2 Å². The normalized spacial score (nSPS) is 16.8. The molecule has 0 N–H and O–H groups in total. The van der Waals surface area contributed by atoms with Gasteiger partial charge in [-0.2, -0.15) is 0 Å². The zero-order valence-corrected chi connectivity index (χ0v) is 20.1. The van der Waals surface area contributed by atoms with Crippen molar-refractivity contribution in [2.45, 2.75) is 92.2 Å². The van der Waals surface area contributed by atoms with Crippen LogP contribution in [-0.2, 0) is 14.2 Å². The molecule has 1 aliphatic rings. The topological polar surface area (TPSA) is 27.7 Å². The Balaban J connectivity index is 2.51. The van der Waals surface area contributed by atoms with E-state index in [1.807, 2.05) is 13.8 Å². The molecular weight excluding hydrogens is 419 g/mol. The fraction of sp³-hybridized carbons (Fsp3) is 0.810. The third kappa shape index (κ3) is 9.37. The summed E-state index contributed by atoms with van der Waals surface area (Å²) >= 11 is -2.14. The van der Waals surface area contributed by atoms with E-state index < -0.39 is 24.2 Å². The molecule has 0 saturated heterocycles. The summed E-state index contributed by atoms with van der Waals surface area (Å²) in [5, 5.41) is 0. The average molecular weight is 459 g/mol. The van der Waals surface area contributed by atoms with Crippen molar-refractivity contribution in [1.29, 1.82) is 0 Å². The standard InChI is InChI=1S/C9H13O3.3C4H9.Sn/c1-4-5-10-6-8-7-11-9(2,3)12-8;3*1-3-4-2;/h1,4,7H,5-6H2,2-3H3;3*1,3-4H2,2H3;. The van der Waals surface area contributed by atoms with E-state index in [0.29, 0.717) is 13.2 Å². The number of ether oxygens (including phenoxy) is 3. The van der Waals surface area contributed by atoms with Crippen LogP contribution in [0.1, 0.15) is 73.1 Å². The molecule has 0 amide bonds. The Kier molecular flexibility index (Phi) is 11.2. The van der Waals surface area contributed by atoms with Crippen LogP contribution in [0.4, 0.5) is 0 Å². The molecule has 0 atom stereocenters. The van der Waals surface area contributed by atoms with Gasteiger partial charge in [0.1, 0.15) is 0 Å². The van der Waals surface area contributed by atoms with Gasteiger partial charge in [-0.05, 0) is 0 Å². The molecule has 25 heavy (non-hydrogen) atoms. The van der Waals surface area contributed by atoms with Crippen molar-refractivity contribution in [3.8, 4) is 0 Å². The van der Waals surface area contributed by atoms with Gasteiger partial charge in [0.15, 0.2) is 0 Å². The van der Waals surface area contributed by atoms with Crippen molar-refractivity contribution in [3.63, 3.8) is 0 Å². The van der Waals surface area contributed by atoms with E-state index in [9.17, 15) is 0 Å². The first-order valence-corrected chi connectivity index (χ1v) is 18.0. The van der Waals surface area contributed by atoms with Gasteiger partial charge in [-0.15, -0.1) is 0 Å².